The monoisotopic (exact) mass is 302 g/mol. The molecule has 9 heteroatoms. The first-order chi connectivity index (χ1) is 9.20. The number of nitrogens with one attached hydrogen (secondary N) is 1. The number of aryl methyl sites for hydroxylation is 1. The summed E-state index contributed by atoms with van der Waals surface area (Å²) >= 11 is 0. The van der Waals surface area contributed by atoms with E-state index in [0.29, 0.717) is 5.56 Å². The Morgan fingerprint density at radius 2 is 2.05 bits per heavy atom. The van der Waals surface area contributed by atoms with E-state index in [1.165, 1.54) is 25.3 Å². The van der Waals surface area contributed by atoms with Crippen LogP contribution in [0.1, 0.15) is 11.8 Å². The van der Waals surface area contributed by atoms with Crippen LogP contribution < -0.4 is 11.2 Å². The summed E-state index contributed by atoms with van der Waals surface area (Å²) in [6, 6.07) is 0. The van der Waals surface area contributed by atoms with Crippen LogP contribution >= 0.6 is 0 Å². The van der Waals surface area contributed by atoms with Gasteiger partial charge in [0.15, 0.2) is 21.5 Å². The van der Waals surface area contributed by atoms with Gasteiger partial charge in [-0.05, 0) is 13.0 Å². The first-order valence-corrected chi connectivity index (χ1v) is 7.68. The highest BCUT2D eigenvalue weighted by atomic mass is 32.2. The van der Waals surface area contributed by atoms with Gasteiger partial charge in [0, 0.05) is 18.0 Å². The van der Waals surface area contributed by atoms with Gasteiger partial charge in [-0.2, -0.15) is 0 Å². The fourth-order valence-corrected chi connectivity index (χ4v) is 2.44. The van der Waals surface area contributed by atoms with Crippen molar-refractivity contribution in [2.75, 3.05) is 6.26 Å². The Hall–Kier alpha value is -1.71. The van der Waals surface area contributed by atoms with Gasteiger partial charge < -0.3 is 9.84 Å². The molecule has 1 aliphatic heterocycles. The van der Waals surface area contributed by atoms with Gasteiger partial charge >= 0.3 is 5.69 Å². The molecule has 0 fully saturated rings. The third-order valence-electron chi connectivity index (χ3n) is 2.90. The van der Waals surface area contributed by atoms with Crippen LogP contribution in [0.5, 0.6) is 0 Å². The number of sulfone groups is 1. The van der Waals surface area contributed by atoms with E-state index in [0.717, 1.165) is 10.8 Å². The summed E-state index contributed by atoms with van der Waals surface area (Å²) in [7, 11) is -3.68. The average molecular weight is 302 g/mol. The van der Waals surface area contributed by atoms with Gasteiger partial charge in [0.1, 0.15) is 6.10 Å². The minimum absolute atomic E-state index is 0.314. The molecule has 0 spiro atoms. The van der Waals surface area contributed by atoms with Crippen molar-refractivity contribution >= 4 is 9.84 Å². The lowest BCUT2D eigenvalue weighted by molar-refractivity contribution is -0.0229. The second-order valence-corrected chi connectivity index (χ2v) is 6.72. The maximum absolute atomic E-state index is 11.7. The second kappa shape index (κ2) is 5.00. The number of H-pyrrole nitrogens is 1. The minimum Gasteiger partial charge on any atom is -0.375 e. The molecule has 0 bridgehead atoms. The van der Waals surface area contributed by atoms with Crippen molar-refractivity contribution in [1.29, 1.82) is 0 Å². The molecule has 1 aromatic heterocycles. The van der Waals surface area contributed by atoms with Crippen molar-refractivity contribution in [2.24, 2.45) is 0 Å². The summed E-state index contributed by atoms with van der Waals surface area (Å²) in [6.07, 6.45) is 3.07. The van der Waals surface area contributed by atoms with Crippen LogP contribution in [-0.2, 0) is 14.6 Å². The largest absolute Gasteiger partial charge is 0.375 e. The Labute approximate surface area is 114 Å². The lowest BCUT2D eigenvalue weighted by Gasteiger charge is -2.19. The van der Waals surface area contributed by atoms with E-state index in [1.807, 2.05) is 0 Å². The molecule has 1 unspecified atom stereocenters. The number of rotatable bonds is 3. The van der Waals surface area contributed by atoms with Crippen LogP contribution in [0.2, 0.25) is 0 Å². The Kier molecular flexibility index (Phi) is 3.67. The van der Waals surface area contributed by atoms with E-state index >= 15 is 0 Å². The van der Waals surface area contributed by atoms with E-state index in [4.69, 9.17) is 4.74 Å². The van der Waals surface area contributed by atoms with Gasteiger partial charge in [-0.1, -0.05) is 6.08 Å². The normalized spacial score (nSPS) is 23.9. The van der Waals surface area contributed by atoms with Crippen LogP contribution in [0.15, 0.2) is 27.9 Å². The highest BCUT2D eigenvalue weighted by Gasteiger charge is 2.33. The number of hydrogen-bond donors (Lipinski definition) is 2. The molecule has 0 radical (unpaired) electrons. The molecule has 3 atom stereocenters. The van der Waals surface area contributed by atoms with Crippen molar-refractivity contribution in [1.82, 2.24) is 9.55 Å². The summed E-state index contributed by atoms with van der Waals surface area (Å²) in [6.45, 7) is 1.52. The Balaban J connectivity index is 2.28. The number of nitrogens with zero attached hydrogens (tertiary/aromatic N) is 1. The maximum Gasteiger partial charge on any atom is 0.330 e. The van der Waals surface area contributed by atoms with Crippen LogP contribution in [0.4, 0.5) is 0 Å². The van der Waals surface area contributed by atoms with E-state index in [2.05, 4.69) is 4.98 Å². The summed E-state index contributed by atoms with van der Waals surface area (Å²) < 4.78 is 28.9. The maximum atomic E-state index is 11.7. The molecule has 0 saturated heterocycles. The molecule has 0 aliphatic carbocycles. The standard InChI is InChI=1S/C11H14N2O6S/c1-6-5-13(11(16)12-9(6)14)8-4-3-7(19-8)10(15)20(2,17)18/h3-5,7-8,10,15H,1-2H3,(H,12,14,16)/t7-,8+,10?/m0/s1. The molecular formula is C11H14N2O6S. The highest BCUT2D eigenvalue weighted by Crippen LogP contribution is 2.23. The zero-order chi connectivity index (χ0) is 15.1. The topological polar surface area (TPSA) is 118 Å². The summed E-state index contributed by atoms with van der Waals surface area (Å²) in [5, 5.41) is 9.61. The summed E-state index contributed by atoms with van der Waals surface area (Å²) in [5.41, 5.74) is -2.57. The van der Waals surface area contributed by atoms with Crippen LogP contribution in [-0.4, -0.2) is 40.9 Å². The zero-order valence-corrected chi connectivity index (χ0v) is 11.6. The third-order valence-corrected chi connectivity index (χ3v) is 4.05. The van der Waals surface area contributed by atoms with Gasteiger partial charge in [0.25, 0.3) is 5.56 Å². The molecule has 0 aromatic carbocycles. The molecule has 2 N–H and O–H groups in total. The number of aliphatic hydroxyl groups is 1. The van der Waals surface area contributed by atoms with Crippen molar-refractivity contribution in [3.05, 3.63) is 44.8 Å². The smallest absolute Gasteiger partial charge is 0.330 e. The predicted octanol–water partition coefficient (Wildman–Crippen LogP) is -1.34. The van der Waals surface area contributed by atoms with E-state index < -0.39 is 38.9 Å². The molecule has 1 aromatic rings. The van der Waals surface area contributed by atoms with Crippen LogP contribution in [0, 0.1) is 6.92 Å². The molecule has 1 aliphatic rings. The van der Waals surface area contributed by atoms with Gasteiger partial charge in [-0.3, -0.25) is 14.3 Å². The molecule has 0 saturated carbocycles. The van der Waals surface area contributed by atoms with Gasteiger partial charge in [0.2, 0.25) is 0 Å². The van der Waals surface area contributed by atoms with Crippen molar-refractivity contribution in [3.63, 3.8) is 0 Å². The summed E-state index contributed by atoms with van der Waals surface area (Å²) in [5.74, 6) is 0. The average Bonchev–Trinajstić information content (AvgIpc) is 2.80. The molecule has 2 rings (SSSR count). The van der Waals surface area contributed by atoms with Crippen LogP contribution in [0.3, 0.4) is 0 Å². The highest BCUT2D eigenvalue weighted by molar-refractivity contribution is 7.91. The van der Waals surface area contributed by atoms with E-state index in [1.54, 1.807) is 0 Å². The van der Waals surface area contributed by atoms with Crippen molar-refractivity contribution < 1.29 is 18.3 Å². The minimum atomic E-state index is -3.68. The number of aliphatic hydroxyl groups excluding tert-OH is 1. The van der Waals surface area contributed by atoms with Crippen molar-refractivity contribution in [3.8, 4) is 0 Å². The molecule has 2 heterocycles. The van der Waals surface area contributed by atoms with Gasteiger partial charge in [-0.25, -0.2) is 13.2 Å². The molecule has 20 heavy (non-hydrogen) atoms. The first-order valence-electron chi connectivity index (χ1n) is 5.73. The predicted molar refractivity (Wildman–Crippen MR) is 70.0 cm³/mol. The van der Waals surface area contributed by atoms with Gasteiger partial charge in [-0.15, -0.1) is 0 Å². The van der Waals surface area contributed by atoms with Crippen LogP contribution in [0.25, 0.3) is 0 Å². The molecular weight excluding hydrogens is 288 g/mol. The van der Waals surface area contributed by atoms with E-state index in [-0.39, 0.29) is 0 Å². The fraction of sp³-hybridized carbons (Fsp3) is 0.455. The van der Waals surface area contributed by atoms with E-state index in [9.17, 15) is 23.1 Å². The first kappa shape index (κ1) is 14.7. The van der Waals surface area contributed by atoms with Gasteiger partial charge in [0.05, 0.1) is 0 Å². The molecule has 8 nitrogen and oxygen atoms in total. The molecule has 110 valence electrons. The Bertz CT molecular complexity index is 760. The quantitative estimate of drug-likeness (QED) is 0.667. The zero-order valence-electron chi connectivity index (χ0n) is 10.8. The Morgan fingerprint density at radius 1 is 1.40 bits per heavy atom. The number of hydrogen-bond acceptors (Lipinski definition) is 6. The number of ether oxygens (including phenoxy) is 1. The lowest BCUT2D eigenvalue weighted by atomic mass is 10.3. The number of aromatic nitrogens is 2. The second-order valence-electron chi connectivity index (χ2n) is 4.57. The number of aromatic amines is 1. The summed E-state index contributed by atoms with van der Waals surface area (Å²) in [4.78, 5) is 25.0. The Morgan fingerprint density at radius 3 is 2.65 bits per heavy atom. The fourth-order valence-electron chi connectivity index (χ4n) is 1.80. The lowest BCUT2D eigenvalue weighted by Crippen LogP contribution is -2.36. The SMILES string of the molecule is Cc1cn([C@H]2C=C[C@@H](C(O)S(C)(=O)=O)O2)c(=O)[nH]c1=O. The van der Waals surface area contributed by atoms with Crippen molar-refractivity contribution in [2.45, 2.75) is 24.7 Å². The molecule has 0 amide bonds. The third kappa shape index (κ3) is 2.74.